The summed E-state index contributed by atoms with van der Waals surface area (Å²) < 4.78 is 13.8. The molecule has 0 spiro atoms. The second kappa shape index (κ2) is 11.4. The standard InChI is InChI=1S/C35H24Cl3FN2O4/c36-16-15-27(32(42)18-9-12-20(39)13-10-18)40(33(43)19-11-14-25(37)26(38)17-19)41-34(44)30-28-21-5-1-2-6-22(21)29(31(30)35(41)45)24-8-4-3-7-23(24)28/h1-14,17,27-31H,15-16H2/t27-,28?,29?,30+,31+/m0/s1. The van der Waals surface area contributed by atoms with Gasteiger partial charge in [0, 0.05) is 28.8 Å². The highest BCUT2D eigenvalue weighted by Crippen LogP contribution is 2.61. The van der Waals surface area contributed by atoms with Gasteiger partial charge in [0.2, 0.25) is 0 Å². The highest BCUT2D eigenvalue weighted by atomic mass is 35.5. The van der Waals surface area contributed by atoms with Crippen molar-refractivity contribution in [2.75, 3.05) is 5.88 Å². The van der Waals surface area contributed by atoms with E-state index in [0.29, 0.717) is 0 Å². The van der Waals surface area contributed by atoms with Crippen LogP contribution in [0.2, 0.25) is 10.0 Å². The molecule has 0 aromatic heterocycles. The van der Waals surface area contributed by atoms with Crippen molar-refractivity contribution in [1.29, 1.82) is 0 Å². The van der Waals surface area contributed by atoms with Gasteiger partial charge in [-0.05, 0) is 71.1 Å². The summed E-state index contributed by atoms with van der Waals surface area (Å²) in [7, 11) is 0. The van der Waals surface area contributed by atoms with E-state index in [9.17, 15) is 23.6 Å². The summed E-state index contributed by atoms with van der Waals surface area (Å²) in [5, 5.41) is 2.07. The first-order chi connectivity index (χ1) is 21.7. The van der Waals surface area contributed by atoms with Crippen molar-refractivity contribution in [3.05, 3.63) is 140 Å². The van der Waals surface area contributed by atoms with Crippen molar-refractivity contribution in [3.63, 3.8) is 0 Å². The Kier molecular flexibility index (Phi) is 7.51. The molecule has 3 atom stereocenters. The summed E-state index contributed by atoms with van der Waals surface area (Å²) in [5.74, 6) is -5.63. The van der Waals surface area contributed by atoms with Gasteiger partial charge in [0.05, 0.1) is 21.9 Å². The fourth-order valence-electron chi connectivity index (χ4n) is 7.28. The van der Waals surface area contributed by atoms with Crippen molar-refractivity contribution in [2.24, 2.45) is 11.8 Å². The molecule has 3 aliphatic carbocycles. The summed E-state index contributed by atoms with van der Waals surface area (Å²) in [6.45, 7) is 0. The summed E-state index contributed by atoms with van der Waals surface area (Å²) in [6, 6.07) is 23.2. The minimum absolute atomic E-state index is 0.0147. The predicted molar refractivity (Wildman–Crippen MR) is 168 cm³/mol. The minimum atomic E-state index is -1.37. The van der Waals surface area contributed by atoms with E-state index in [4.69, 9.17) is 34.8 Å². The largest absolute Gasteiger partial charge is 0.292 e. The van der Waals surface area contributed by atoms with Crippen LogP contribution in [-0.2, 0) is 9.59 Å². The van der Waals surface area contributed by atoms with Crippen LogP contribution >= 0.6 is 34.8 Å². The van der Waals surface area contributed by atoms with Gasteiger partial charge in [0.25, 0.3) is 17.7 Å². The van der Waals surface area contributed by atoms with E-state index < -0.39 is 59.0 Å². The lowest BCUT2D eigenvalue weighted by atomic mass is 9.55. The zero-order chi connectivity index (χ0) is 31.6. The highest BCUT2D eigenvalue weighted by Gasteiger charge is 2.63. The molecular formula is C35H24Cl3FN2O4. The number of alkyl halides is 1. The summed E-state index contributed by atoms with van der Waals surface area (Å²) in [6.07, 6.45) is -0.0927. The van der Waals surface area contributed by atoms with E-state index in [1.807, 2.05) is 48.5 Å². The summed E-state index contributed by atoms with van der Waals surface area (Å²) >= 11 is 18.6. The fraction of sp³-hybridized carbons (Fsp3) is 0.200. The molecule has 0 N–H and O–H groups in total. The number of amides is 3. The number of hydrogen-bond acceptors (Lipinski definition) is 4. The first-order valence-electron chi connectivity index (χ1n) is 14.4. The summed E-state index contributed by atoms with van der Waals surface area (Å²) in [5.41, 5.74) is 3.97. The molecule has 226 valence electrons. The number of benzene rings is 4. The van der Waals surface area contributed by atoms with Gasteiger partial charge in [-0.15, -0.1) is 11.6 Å². The van der Waals surface area contributed by atoms with Gasteiger partial charge in [-0.3, -0.25) is 19.2 Å². The number of hydrogen-bond donors (Lipinski definition) is 0. The number of hydrazine groups is 1. The molecule has 0 saturated carbocycles. The Bertz CT molecular complexity index is 1780. The zero-order valence-electron chi connectivity index (χ0n) is 23.5. The smallest absolute Gasteiger partial charge is 0.273 e. The number of imide groups is 1. The van der Waals surface area contributed by atoms with Crippen LogP contribution in [0.15, 0.2) is 91.0 Å². The third kappa shape index (κ3) is 4.59. The number of Topliss-reactive ketones (excluding diaryl/α,β-unsaturated/α-hetero) is 1. The molecule has 1 saturated heterocycles. The van der Waals surface area contributed by atoms with Gasteiger partial charge in [-0.2, -0.15) is 5.01 Å². The lowest BCUT2D eigenvalue weighted by molar-refractivity contribution is -0.156. The molecule has 1 fully saturated rings. The zero-order valence-corrected chi connectivity index (χ0v) is 25.8. The third-order valence-corrected chi connectivity index (χ3v) is 10.1. The second-order valence-corrected chi connectivity index (χ2v) is 12.6. The van der Waals surface area contributed by atoms with Gasteiger partial charge < -0.3 is 0 Å². The molecule has 4 aromatic carbocycles. The molecule has 1 heterocycles. The second-order valence-electron chi connectivity index (χ2n) is 11.4. The maximum Gasteiger partial charge on any atom is 0.273 e. The average Bonchev–Trinajstić information content (AvgIpc) is 3.31. The van der Waals surface area contributed by atoms with E-state index in [1.165, 1.54) is 30.3 Å². The van der Waals surface area contributed by atoms with Crippen molar-refractivity contribution < 1.29 is 23.6 Å². The molecular weight excluding hydrogens is 638 g/mol. The van der Waals surface area contributed by atoms with Crippen LogP contribution in [0.3, 0.4) is 0 Å². The topological polar surface area (TPSA) is 74.8 Å². The van der Waals surface area contributed by atoms with Crippen molar-refractivity contribution >= 4 is 58.3 Å². The van der Waals surface area contributed by atoms with Crippen LogP contribution < -0.4 is 0 Å². The van der Waals surface area contributed by atoms with Gasteiger partial charge >= 0.3 is 0 Å². The Labute approximate surface area is 273 Å². The SMILES string of the molecule is O=C(c1ccc(F)cc1)[C@H](CCCl)N(C(=O)c1ccc(Cl)c(Cl)c1)N1C(=O)[C@@H]2C3c4ccccc4C(c4ccccc43)[C@H]2C1=O. The van der Waals surface area contributed by atoms with Crippen LogP contribution in [0.4, 0.5) is 4.39 Å². The average molecular weight is 662 g/mol. The van der Waals surface area contributed by atoms with E-state index in [2.05, 4.69) is 0 Å². The number of rotatable bonds is 7. The van der Waals surface area contributed by atoms with Gasteiger partial charge in [-0.1, -0.05) is 71.7 Å². The lowest BCUT2D eigenvalue weighted by Crippen LogP contribution is -2.57. The Hall–Kier alpha value is -4.04. The van der Waals surface area contributed by atoms with Crippen molar-refractivity contribution in [2.45, 2.75) is 24.3 Å². The van der Waals surface area contributed by atoms with E-state index in [0.717, 1.165) is 44.4 Å². The van der Waals surface area contributed by atoms with Crippen LogP contribution in [0.25, 0.3) is 0 Å². The normalized spacial score (nSPS) is 21.6. The van der Waals surface area contributed by atoms with Gasteiger partial charge in [0.15, 0.2) is 5.78 Å². The quantitative estimate of drug-likeness (QED) is 0.119. The van der Waals surface area contributed by atoms with Crippen LogP contribution in [0.1, 0.15) is 61.2 Å². The first kappa shape index (κ1) is 29.7. The minimum Gasteiger partial charge on any atom is -0.292 e. The number of halogens is 4. The number of carbonyl (C=O) groups excluding carboxylic acids is 4. The Morgan fingerprint density at radius 1 is 0.733 bits per heavy atom. The lowest BCUT2D eigenvalue weighted by Gasteiger charge is -2.45. The third-order valence-electron chi connectivity index (χ3n) is 9.12. The van der Waals surface area contributed by atoms with Crippen molar-refractivity contribution in [3.8, 4) is 0 Å². The van der Waals surface area contributed by atoms with E-state index in [1.54, 1.807) is 0 Å². The van der Waals surface area contributed by atoms with Crippen LogP contribution in [0, 0.1) is 17.7 Å². The van der Waals surface area contributed by atoms with Crippen LogP contribution in [0.5, 0.6) is 0 Å². The maximum atomic E-state index is 14.6. The van der Waals surface area contributed by atoms with Gasteiger partial charge in [0.1, 0.15) is 11.9 Å². The summed E-state index contributed by atoms with van der Waals surface area (Å²) in [4.78, 5) is 57.8. The molecule has 2 bridgehead atoms. The molecule has 10 heteroatoms. The van der Waals surface area contributed by atoms with Crippen molar-refractivity contribution in [1.82, 2.24) is 10.0 Å². The molecule has 6 nitrogen and oxygen atoms in total. The molecule has 45 heavy (non-hydrogen) atoms. The van der Waals surface area contributed by atoms with Gasteiger partial charge in [-0.25, -0.2) is 9.40 Å². The van der Waals surface area contributed by atoms with Crippen LogP contribution in [-0.4, -0.2) is 45.4 Å². The molecule has 1 aliphatic heterocycles. The monoisotopic (exact) mass is 660 g/mol. The predicted octanol–water partition coefficient (Wildman–Crippen LogP) is 7.26. The number of nitrogens with zero attached hydrogens (tertiary/aromatic N) is 2. The number of carbonyl (C=O) groups is 4. The number of ketones is 1. The van der Waals surface area contributed by atoms with E-state index >= 15 is 0 Å². The Morgan fingerprint density at radius 3 is 1.69 bits per heavy atom. The highest BCUT2D eigenvalue weighted by molar-refractivity contribution is 6.42. The molecule has 4 aromatic rings. The Balaban J connectivity index is 1.39. The molecule has 4 aliphatic rings. The van der Waals surface area contributed by atoms with E-state index in [-0.39, 0.29) is 33.5 Å². The molecule has 8 rings (SSSR count). The fourth-order valence-corrected chi connectivity index (χ4v) is 7.79. The molecule has 0 radical (unpaired) electrons. The first-order valence-corrected chi connectivity index (χ1v) is 15.7. The Morgan fingerprint density at radius 2 is 1.22 bits per heavy atom. The molecule has 3 amide bonds. The molecule has 0 unspecified atom stereocenters. The maximum absolute atomic E-state index is 14.6.